The summed E-state index contributed by atoms with van der Waals surface area (Å²) >= 11 is 0. The van der Waals surface area contributed by atoms with Crippen LogP contribution in [-0.4, -0.2) is 50.3 Å². The number of amides is 2. The van der Waals surface area contributed by atoms with Gasteiger partial charge in [0.1, 0.15) is 18.4 Å². The van der Waals surface area contributed by atoms with Crippen molar-refractivity contribution in [3.8, 4) is 5.75 Å². The minimum atomic E-state index is -3.81. The van der Waals surface area contributed by atoms with Crippen LogP contribution in [0.25, 0.3) is 0 Å². The van der Waals surface area contributed by atoms with E-state index in [0.29, 0.717) is 30.9 Å². The third-order valence-electron chi connectivity index (χ3n) is 5.69. The number of ether oxygens (including phenoxy) is 1. The van der Waals surface area contributed by atoms with Gasteiger partial charge in [-0.15, -0.1) is 0 Å². The van der Waals surface area contributed by atoms with Crippen molar-refractivity contribution >= 4 is 27.5 Å². The van der Waals surface area contributed by atoms with E-state index in [1.54, 1.807) is 42.5 Å². The quantitative estimate of drug-likeness (QED) is 0.445. The summed E-state index contributed by atoms with van der Waals surface area (Å²) in [6, 6.07) is 23.1. The maximum Gasteiger partial charge on any atom is 0.253 e. The van der Waals surface area contributed by atoms with Gasteiger partial charge in [-0.2, -0.15) is 4.31 Å². The summed E-state index contributed by atoms with van der Waals surface area (Å²) in [4.78, 5) is 26.0. The van der Waals surface area contributed by atoms with E-state index in [1.165, 1.54) is 16.4 Å². The van der Waals surface area contributed by atoms with Crippen molar-refractivity contribution in [1.82, 2.24) is 9.62 Å². The first-order valence-electron chi connectivity index (χ1n) is 11.4. The molecule has 3 aromatic carbocycles. The Morgan fingerprint density at radius 1 is 0.914 bits per heavy atom. The average molecular weight is 494 g/mol. The van der Waals surface area contributed by atoms with Crippen LogP contribution < -0.4 is 15.4 Å². The number of para-hydroxylation sites is 2. The van der Waals surface area contributed by atoms with E-state index >= 15 is 0 Å². The molecule has 0 aromatic heterocycles. The number of sulfonamides is 1. The predicted octanol–water partition coefficient (Wildman–Crippen LogP) is 3.29. The molecule has 8 nitrogen and oxygen atoms in total. The summed E-state index contributed by atoms with van der Waals surface area (Å²) < 4.78 is 33.0. The first kappa shape index (κ1) is 24.4. The minimum absolute atomic E-state index is 0.150. The smallest absolute Gasteiger partial charge is 0.253 e. The second-order valence-electron chi connectivity index (χ2n) is 8.04. The molecule has 0 saturated carbocycles. The molecule has 1 heterocycles. The van der Waals surface area contributed by atoms with Gasteiger partial charge in [0.15, 0.2) is 0 Å². The molecule has 2 amide bonds. The molecule has 1 atom stereocenters. The zero-order valence-corrected chi connectivity index (χ0v) is 19.9. The van der Waals surface area contributed by atoms with Gasteiger partial charge in [0.05, 0.1) is 22.7 Å². The van der Waals surface area contributed by atoms with Crippen molar-refractivity contribution in [2.24, 2.45) is 0 Å². The van der Waals surface area contributed by atoms with Gasteiger partial charge >= 0.3 is 0 Å². The molecular weight excluding hydrogens is 466 g/mol. The lowest BCUT2D eigenvalue weighted by Gasteiger charge is -2.24. The van der Waals surface area contributed by atoms with Crippen LogP contribution in [0.1, 0.15) is 23.2 Å². The molecule has 0 unspecified atom stereocenters. The number of benzene rings is 3. The van der Waals surface area contributed by atoms with Gasteiger partial charge in [0.2, 0.25) is 15.9 Å². The fourth-order valence-electron chi connectivity index (χ4n) is 3.97. The molecule has 0 spiro atoms. The van der Waals surface area contributed by atoms with Crippen molar-refractivity contribution in [3.05, 3.63) is 90.5 Å². The third kappa shape index (κ3) is 5.87. The van der Waals surface area contributed by atoms with Gasteiger partial charge < -0.3 is 15.4 Å². The number of hydrogen-bond donors (Lipinski definition) is 2. The molecule has 1 fully saturated rings. The highest BCUT2D eigenvalue weighted by atomic mass is 32.2. The molecular formula is C26H27N3O5S. The molecule has 35 heavy (non-hydrogen) atoms. The van der Waals surface area contributed by atoms with Gasteiger partial charge in [-0.3, -0.25) is 9.59 Å². The molecule has 0 aliphatic carbocycles. The average Bonchev–Trinajstić information content (AvgIpc) is 3.39. The maximum absolute atomic E-state index is 13.1. The van der Waals surface area contributed by atoms with Gasteiger partial charge in [0.25, 0.3) is 5.91 Å². The Morgan fingerprint density at radius 3 is 2.31 bits per heavy atom. The molecule has 0 radical (unpaired) electrons. The summed E-state index contributed by atoms with van der Waals surface area (Å²) in [6.45, 7) is 0.833. The summed E-state index contributed by atoms with van der Waals surface area (Å²) in [5.41, 5.74) is 0.610. The van der Waals surface area contributed by atoms with Crippen LogP contribution >= 0.6 is 0 Å². The van der Waals surface area contributed by atoms with Crippen LogP contribution in [0.3, 0.4) is 0 Å². The lowest BCUT2D eigenvalue weighted by molar-refractivity contribution is -0.119. The van der Waals surface area contributed by atoms with E-state index in [2.05, 4.69) is 10.6 Å². The van der Waals surface area contributed by atoms with E-state index in [9.17, 15) is 18.0 Å². The molecule has 1 aliphatic heterocycles. The first-order valence-corrected chi connectivity index (χ1v) is 12.8. The van der Waals surface area contributed by atoms with E-state index in [0.717, 1.165) is 0 Å². The summed E-state index contributed by atoms with van der Waals surface area (Å²) in [5, 5.41) is 5.55. The molecule has 182 valence electrons. The van der Waals surface area contributed by atoms with Gasteiger partial charge in [0, 0.05) is 6.54 Å². The van der Waals surface area contributed by atoms with Crippen LogP contribution in [-0.2, 0) is 14.8 Å². The Balaban J connectivity index is 1.40. The van der Waals surface area contributed by atoms with Crippen molar-refractivity contribution in [1.29, 1.82) is 0 Å². The molecule has 0 bridgehead atoms. The number of nitrogens with zero attached hydrogens (tertiary/aromatic N) is 1. The topological polar surface area (TPSA) is 105 Å². The molecule has 1 aliphatic rings. The normalized spacial score (nSPS) is 15.9. The summed E-state index contributed by atoms with van der Waals surface area (Å²) in [5.74, 6) is -0.117. The van der Waals surface area contributed by atoms with Crippen molar-refractivity contribution in [2.75, 3.05) is 25.0 Å². The van der Waals surface area contributed by atoms with E-state index in [1.807, 2.05) is 30.3 Å². The maximum atomic E-state index is 13.1. The standard InChI is InChI=1S/C26H27N3O5S/c30-25(27-17-19-34-20-10-3-1-4-11-20)22-14-7-8-15-23(22)28-26(31)24-16-9-18-29(24)35(32,33)21-12-5-2-6-13-21/h1-8,10-15,24H,9,16-19H2,(H,27,30)(H,28,31)/t24-/m1/s1. The van der Waals surface area contributed by atoms with Crippen LogP contribution in [0, 0.1) is 0 Å². The zero-order chi connectivity index (χ0) is 24.7. The third-order valence-corrected chi connectivity index (χ3v) is 7.61. The van der Waals surface area contributed by atoms with E-state index < -0.39 is 22.0 Å². The second-order valence-corrected chi connectivity index (χ2v) is 9.93. The number of carbonyl (C=O) groups is 2. The highest BCUT2D eigenvalue weighted by molar-refractivity contribution is 7.89. The van der Waals surface area contributed by atoms with Crippen molar-refractivity contribution in [3.63, 3.8) is 0 Å². The van der Waals surface area contributed by atoms with E-state index in [-0.39, 0.29) is 29.5 Å². The molecule has 4 rings (SSSR count). The molecule has 1 saturated heterocycles. The van der Waals surface area contributed by atoms with Crippen LogP contribution in [0.15, 0.2) is 89.8 Å². The van der Waals surface area contributed by atoms with Gasteiger partial charge in [-0.1, -0.05) is 48.5 Å². The van der Waals surface area contributed by atoms with Gasteiger partial charge in [-0.05, 0) is 49.2 Å². The SMILES string of the molecule is O=C(NCCOc1ccccc1)c1ccccc1NC(=O)[C@H]1CCCN1S(=O)(=O)c1ccccc1. The minimum Gasteiger partial charge on any atom is -0.492 e. The highest BCUT2D eigenvalue weighted by Gasteiger charge is 2.39. The van der Waals surface area contributed by atoms with Gasteiger partial charge in [-0.25, -0.2) is 8.42 Å². The zero-order valence-electron chi connectivity index (χ0n) is 19.1. The van der Waals surface area contributed by atoms with Crippen molar-refractivity contribution in [2.45, 2.75) is 23.8 Å². The monoisotopic (exact) mass is 493 g/mol. The Kier molecular flexibility index (Phi) is 7.79. The Hall–Kier alpha value is -3.69. The number of rotatable bonds is 9. The number of anilines is 1. The van der Waals surface area contributed by atoms with Crippen LogP contribution in [0.2, 0.25) is 0 Å². The summed E-state index contributed by atoms with van der Waals surface area (Å²) in [7, 11) is -3.81. The summed E-state index contributed by atoms with van der Waals surface area (Å²) in [6.07, 6.45) is 0.983. The second kappa shape index (κ2) is 11.2. The van der Waals surface area contributed by atoms with Crippen LogP contribution in [0.5, 0.6) is 5.75 Å². The van der Waals surface area contributed by atoms with Crippen LogP contribution in [0.4, 0.5) is 5.69 Å². The van der Waals surface area contributed by atoms with Crippen molar-refractivity contribution < 1.29 is 22.7 Å². The number of nitrogens with one attached hydrogen (secondary N) is 2. The Labute approximate surface area is 205 Å². The Bertz CT molecular complexity index is 1270. The fourth-order valence-corrected chi connectivity index (χ4v) is 5.65. The van der Waals surface area contributed by atoms with E-state index in [4.69, 9.17) is 4.74 Å². The highest BCUT2D eigenvalue weighted by Crippen LogP contribution is 2.27. The molecule has 3 aromatic rings. The predicted molar refractivity (Wildman–Crippen MR) is 133 cm³/mol. The molecule has 2 N–H and O–H groups in total. The molecule has 9 heteroatoms. The largest absolute Gasteiger partial charge is 0.492 e. The first-order chi connectivity index (χ1) is 17.0. The lowest BCUT2D eigenvalue weighted by Crippen LogP contribution is -2.43. The number of hydrogen-bond acceptors (Lipinski definition) is 5. The number of carbonyl (C=O) groups excluding carboxylic acids is 2. The lowest BCUT2D eigenvalue weighted by atomic mass is 10.1. The fraction of sp³-hybridized carbons (Fsp3) is 0.231. The Morgan fingerprint density at radius 2 is 1.57 bits per heavy atom.